The van der Waals surface area contributed by atoms with Crippen molar-refractivity contribution in [2.45, 2.75) is 19.9 Å². The highest BCUT2D eigenvalue weighted by Gasteiger charge is 2.15. The molecule has 0 saturated carbocycles. The first kappa shape index (κ1) is 12.7. The number of hydrogen-bond donors (Lipinski definition) is 1. The van der Waals surface area contributed by atoms with Crippen molar-refractivity contribution >= 4 is 28.7 Å². The first-order valence-corrected chi connectivity index (χ1v) is 6.42. The van der Waals surface area contributed by atoms with Crippen molar-refractivity contribution in [3.05, 3.63) is 24.0 Å². The molecule has 0 aliphatic heterocycles. The Kier molecular flexibility index (Phi) is 2.98. The Labute approximate surface area is 119 Å². The van der Waals surface area contributed by atoms with Gasteiger partial charge in [0.1, 0.15) is 11.2 Å². The number of hydrogen-bond acceptors (Lipinski definition) is 6. The second-order valence-corrected chi connectivity index (χ2v) is 4.93. The summed E-state index contributed by atoms with van der Waals surface area (Å²) in [6, 6.07) is 0.224. The molecule has 0 aromatic carbocycles. The van der Waals surface area contributed by atoms with E-state index in [1.54, 1.807) is 18.7 Å². The maximum absolute atomic E-state index is 6.01. The first-order valence-electron chi connectivity index (χ1n) is 6.04. The molecule has 0 atom stereocenters. The zero-order chi connectivity index (χ0) is 14.3. The number of nitrogens with zero attached hydrogens (tertiary/aromatic N) is 6. The van der Waals surface area contributed by atoms with Crippen molar-refractivity contribution in [1.82, 2.24) is 29.5 Å². The van der Waals surface area contributed by atoms with Gasteiger partial charge in [0.05, 0.1) is 6.33 Å². The molecule has 0 aliphatic rings. The van der Waals surface area contributed by atoms with E-state index in [2.05, 4.69) is 24.9 Å². The smallest absolute Gasteiger partial charge is 0.225 e. The van der Waals surface area contributed by atoms with Crippen molar-refractivity contribution in [3.63, 3.8) is 0 Å². The molecular formula is C12H12ClN7. The number of rotatable bonds is 2. The number of imidazole rings is 1. The molecule has 102 valence electrons. The van der Waals surface area contributed by atoms with Crippen LogP contribution >= 0.6 is 11.6 Å². The lowest BCUT2D eigenvalue weighted by Crippen LogP contribution is -2.01. The summed E-state index contributed by atoms with van der Waals surface area (Å²) >= 11 is 6.01. The third kappa shape index (κ3) is 2.05. The summed E-state index contributed by atoms with van der Waals surface area (Å²) in [6.07, 6.45) is 4.91. The predicted octanol–water partition coefficient (Wildman–Crippen LogP) is 2.10. The summed E-state index contributed by atoms with van der Waals surface area (Å²) in [7, 11) is 0. The van der Waals surface area contributed by atoms with Crippen molar-refractivity contribution in [2.75, 3.05) is 5.73 Å². The van der Waals surface area contributed by atoms with Gasteiger partial charge in [-0.15, -0.1) is 0 Å². The third-order valence-corrected chi connectivity index (χ3v) is 3.06. The summed E-state index contributed by atoms with van der Waals surface area (Å²) in [4.78, 5) is 20.8. The summed E-state index contributed by atoms with van der Waals surface area (Å²) in [6.45, 7) is 4.09. The molecule has 0 spiro atoms. The normalized spacial score (nSPS) is 11.4. The van der Waals surface area contributed by atoms with Gasteiger partial charge in [-0.3, -0.25) is 0 Å². The fourth-order valence-electron chi connectivity index (χ4n) is 1.93. The summed E-state index contributed by atoms with van der Waals surface area (Å²) in [5.41, 5.74) is 8.13. The topological polar surface area (TPSA) is 95.4 Å². The number of nitrogen functional groups attached to an aromatic ring is 1. The van der Waals surface area contributed by atoms with E-state index in [1.165, 1.54) is 0 Å². The number of fused-ring (bicyclic) bond motifs is 1. The van der Waals surface area contributed by atoms with Gasteiger partial charge in [0.25, 0.3) is 0 Å². The molecule has 3 aromatic rings. The molecule has 3 aromatic heterocycles. The van der Waals surface area contributed by atoms with E-state index in [1.807, 2.05) is 18.4 Å². The van der Waals surface area contributed by atoms with Gasteiger partial charge >= 0.3 is 0 Å². The van der Waals surface area contributed by atoms with E-state index in [0.717, 1.165) is 0 Å². The average Bonchev–Trinajstić information content (AvgIpc) is 2.82. The van der Waals surface area contributed by atoms with Crippen LogP contribution in [0.2, 0.25) is 5.28 Å². The van der Waals surface area contributed by atoms with Crippen LogP contribution in [0.15, 0.2) is 18.7 Å². The van der Waals surface area contributed by atoms with Crippen LogP contribution in [-0.4, -0.2) is 29.5 Å². The quantitative estimate of drug-likeness (QED) is 0.726. The number of halogens is 1. The molecular weight excluding hydrogens is 278 g/mol. The molecule has 8 heteroatoms. The minimum atomic E-state index is 0.159. The van der Waals surface area contributed by atoms with Crippen LogP contribution in [-0.2, 0) is 0 Å². The molecule has 0 amide bonds. The first-order chi connectivity index (χ1) is 9.56. The molecule has 2 N–H and O–H groups in total. The van der Waals surface area contributed by atoms with E-state index >= 15 is 0 Å². The van der Waals surface area contributed by atoms with Crippen LogP contribution in [0.3, 0.4) is 0 Å². The number of aromatic nitrogens is 6. The molecule has 0 bridgehead atoms. The largest absolute Gasteiger partial charge is 0.368 e. The minimum Gasteiger partial charge on any atom is -0.368 e. The SMILES string of the molecule is CC(C)n1cnc2c(-c3cnc(N)nc3)nc(Cl)nc21. The number of anilines is 1. The minimum absolute atomic E-state index is 0.159. The highest BCUT2D eigenvalue weighted by Crippen LogP contribution is 2.26. The van der Waals surface area contributed by atoms with Gasteiger partial charge in [-0.2, -0.15) is 4.98 Å². The summed E-state index contributed by atoms with van der Waals surface area (Å²) in [5.74, 6) is 0.206. The molecule has 0 unspecified atom stereocenters. The van der Waals surface area contributed by atoms with Crippen LogP contribution < -0.4 is 5.73 Å². The van der Waals surface area contributed by atoms with E-state index in [9.17, 15) is 0 Å². The molecule has 0 aliphatic carbocycles. The summed E-state index contributed by atoms with van der Waals surface area (Å²) < 4.78 is 1.94. The van der Waals surface area contributed by atoms with Crippen molar-refractivity contribution in [2.24, 2.45) is 0 Å². The third-order valence-electron chi connectivity index (χ3n) is 2.90. The molecule has 0 fully saturated rings. The van der Waals surface area contributed by atoms with E-state index in [4.69, 9.17) is 17.3 Å². The monoisotopic (exact) mass is 289 g/mol. The van der Waals surface area contributed by atoms with Crippen LogP contribution in [0.25, 0.3) is 22.4 Å². The molecule has 3 heterocycles. The van der Waals surface area contributed by atoms with Gasteiger partial charge in [-0.05, 0) is 25.4 Å². The lowest BCUT2D eigenvalue weighted by atomic mass is 10.2. The molecule has 0 saturated heterocycles. The van der Waals surface area contributed by atoms with Crippen LogP contribution in [0, 0.1) is 0 Å². The Morgan fingerprint density at radius 3 is 2.50 bits per heavy atom. The Bertz CT molecular complexity index is 763. The highest BCUT2D eigenvalue weighted by molar-refractivity contribution is 6.28. The standard InChI is InChI=1S/C12H12ClN7/c1-6(2)20-5-17-9-8(18-11(13)19-10(9)20)7-3-15-12(14)16-4-7/h3-6H,1-2H3,(H2,14,15,16). The number of nitrogens with two attached hydrogens (primary N) is 1. The van der Waals surface area contributed by atoms with E-state index in [0.29, 0.717) is 22.4 Å². The lowest BCUT2D eigenvalue weighted by molar-refractivity contribution is 0.612. The van der Waals surface area contributed by atoms with E-state index < -0.39 is 0 Å². The van der Waals surface area contributed by atoms with Gasteiger partial charge in [0, 0.05) is 24.0 Å². The Morgan fingerprint density at radius 2 is 1.85 bits per heavy atom. The van der Waals surface area contributed by atoms with Gasteiger partial charge in [0.2, 0.25) is 11.2 Å². The average molecular weight is 290 g/mol. The van der Waals surface area contributed by atoms with E-state index in [-0.39, 0.29) is 17.3 Å². The Morgan fingerprint density at radius 1 is 1.15 bits per heavy atom. The Balaban J connectivity index is 2.28. The Hall–Kier alpha value is -2.28. The van der Waals surface area contributed by atoms with Crippen molar-refractivity contribution < 1.29 is 0 Å². The fourth-order valence-corrected chi connectivity index (χ4v) is 2.09. The van der Waals surface area contributed by atoms with Gasteiger partial charge < -0.3 is 10.3 Å². The second-order valence-electron chi connectivity index (χ2n) is 4.59. The fraction of sp³-hybridized carbons (Fsp3) is 0.250. The molecule has 3 rings (SSSR count). The second kappa shape index (κ2) is 4.68. The van der Waals surface area contributed by atoms with Gasteiger partial charge in [0.15, 0.2) is 5.65 Å². The highest BCUT2D eigenvalue weighted by atomic mass is 35.5. The van der Waals surface area contributed by atoms with Crippen molar-refractivity contribution in [3.8, 4) is 11.3 Å². The van der Waals surface area contributed by atoms with Gasteiger partial charge in [-0.25, -0.2) is 19.9 Å². The lowest BCUT2D eigenvalue weighted by Gasteiger charge is -2.08. The van der Waals surface area contributed by atoms with Gasteiger partial charge in [-0.1, -0.05) is 0 Å². The van der Waals surface area contributed by atoms with Crippen LogP contribution in [0.4, 0.5) is 5.95 Å². The van der Waals surface area contributed by atoms with Crippen LogP contribution in [0.1, 0.15) is 19.9 Å². The zero-order valence-corrected chi connectivity index (χ0v) is 11.7. The molecule has 0 radical (unpaired) electrons. The molecule has 20 heavy (non-hydrogen) atoms. The zero-order valence-electron chi connectivity index (χ0n) is 10.9. The van der Waals surface area contributed by atoms with Crippen LogP contribution in [0.5, 0.6) is 0 Å². The van der Waals surface area contributed by atoms with Crippen molar-refractivity contribution in [1.29, 1.82) is 0 Å². The summed E-state index contributed by atoms with van der Waals surface area (Å²) in [5, 5.41) is 0.159. The maximum atomic E-state index is 6.01. The maximum Gasteiger partial charge on any atom is 0.225 e. The predicted molar refractivity (Wildman–Crippen MR) is 76.2 cm³/mol. The molecule has 7 nitrogen and oxygen atoms in total.